The van der Waals surface area contributed by atoms with Crippen molar-refractivity contribution >= 4 is 28.2 Å². The van der Waals surface area contributed by atoms with Gasteiger partial charge in [-0.05, 0) is 49.4 Å². The lowest BCUT2D eigenvalue weighted by Crippen LogP contribution is -2.07. The zero-order valence-electron chi connectivity index (χ0n) is 11.4. The Morgan fingerprint density at radius 3 is 2.95 bits per heavy atom. The molecule has 0 unspecified atom stereocenters. The summed E-state index contributed by atoms with van der Waals surface area (Å²) in [6.07, 6.45) is 11.2. The summed E-state index contributed by atoms with van der Waals surface area (Å²) in [5.74, 6) is 2.65. The Morgan fingerprint density at radius 1 is 1.25 bits per heavy atom. The minimum Gasteiger partial charge on any atom is -0.373 e. The molecule has 1 aromatic heterocycles. The Hall–Kier alpha value is -1.72. The van der Waals surface area contributed by atoms with Crippen molar-refractivity contribution in [3.63, 3.8) is 0 Å². The number of nitrogens with zero attached hydrogens (tertiary/aromatic N) is 1. The van der Waals surface area contributed by atoms with Crippen molar-refractivity contribution in [1.29, 1.82) is 0 Å². The maximum absolute atomic E-state index is 6.14. The SMILES string of the molecule is C#CCNc1c2c(nc3ccc(Cl)cc13)CCCCC2. The van der Waals surface area contributed by atoms with E-state index in [1.54, 1.807) is 0 Å². The highest BCUT2D eigenvalue weighted by Crippen LogP contribution is 2.33. The van der Waals surface area contributed by atoms with Crippen LogP contribution in [0.1, 0.15) is 30.5 Å². The van der Waals surface area contributed by atoms with Crippen molar-refractivity contribution in [3.8, 4) is 12.3 Å². The van der Waals surface area contributed by atoms with Crippen LogP contribution in [0.4, 0.5) is 5.69 Å². The van der Waals surface area contributed by atoms with Gasteiger partial charge in [0.25, 0.3) is 0 Å². The van der Waals surface area contributed by atoms with E-state index in [4.69, 9.17) is 23.0 Å². The van der Waals surface area contributed by atoms with E-state index in [9.17, 15) is 0 Å². The van der Waals surface area contributed by atoms with Crippen LogP contribution in [0.2, 0.25) is 5.02 Å². The van der Waals surface area contributed by atoms with Crippen molar-refractivity contribution < 1.29 is 0 Å². The summed E-state index contributed by atoms with van der Waals surface area (Å²) >= 11 is 6.14. The van der Waals surface area contributed by atoms with Crippen molar-refractivity contribution in [1.82, 2.24) is 4.98 Å². The quantitative estimate of drug-likeness (QED) is 0.660. The number of nitrogens with one attached hydrogen (secondary N) is 1. The molecular weight excluding hydrogens is 268 g/mol. The molecule has 0 radical (unpaired) electrons. The molecule has 0 aliphatic heterocycles. The lowest BCUT2D eigenvalue weighted by atomic mass is 10.0. The van der Waals surface area contributed by atoms with Gasteiger partial charge in [-0.3, -0.25) is 4.98 Å². The zero-order chi connectivity index (χ0) is 13.9. The molecule has 1 N–H and O–H groups in total. The van der Waals surface area contributed by atoms with Crippen molar-refractivity contribution in [2.24, 2.45) is 0 Å². The number of terminal acetylenes is 1. The number of hydrogen-bond acceptors (Lipinski definition) is 2. The average Bonchev–Trinajstić information content (AvgIpc) is 2.69. The van der Waals surface area contributed by atoms with Gasteiger partial charge in [0.05, 0.1) is 12.1 Å². The molecule has 0 atom stereocenters. The standard InChI is InChI=1S/C17H17ClN2/c1-2-10-19-17-13-6-4-3-5-7-15(13)20-16-9-8-12(18)11-14(16)17/h1,8-9,11H,3-7,10H2,(H,19,20). The molecule has 1 aromatic carbocycles. The number of anilines is 1. The van der Waals surface area contributed by atoms with E-state index in [1.165, 1.54) is 30.5 Å². The highest BCUT2D eigenvalue weighted by molar-refractivity contribution is 6.31. The van der Waals surface area contributed by atoms with E-state index in [2.05, 4.69) is 11.2 Å². The summed E-state index contributed by atoms with van der Waals surface area (Å²) in [5, 5.41) is 5.20. The first-order valence-corrected chi connectivity index (χ1v) is 7.46. The van der Waals surface area contributed by atoms with E-state index < -0.39 is 0 Å². The summed E-state index contributed by atoms with van der Waals surface area (Å²) in [6.45, 7) is 0.526. The Labute approximate surface area is 124 Å². The summed E-state index contributed by atoms with van der Waals surface area (Å²) in [6, 6.07) is 5.86. The molecule has 1 aliphatic carbocycles. The number of rotatable bonds is 2. The highest BCUT2D eigenvalue weighted by atomic mass is 35.5. The molecule has 2 nitrogen and oxygen atoms in total. The van der Waals surface area contributed by atoms with Crippen LogP contribution in [0.5, 0.6) is 0 Å². The molecule has 2 aromatic rings. The summed E-state index contributed by atoms with van der Waals surface area (Å²) < 4.78 is 0. The second-order valence-electron chi connectivity index (χ2n) is 5.19. The lowest BCUT2D eigenvalue weighted by molar-refractivity contribution is 0.709. The fourth-order valence-corrected chi connectivity index (χ4v) is 3.09. The van der Waals surface area contributed by atoms with E-state index in [0.717, 1.165) is 34.5 Å². The summed E-state index contributed by atoms with van der Waals surface area (Å²) in [7, 11) is 0. The monoisotopic (exact) mass is 284 g/mol. The normalized spacial score (nSPS) is 14.4. The maximum Gasteiger partial charge on any atom is 0.0763 e. The molecule has 3 heteroatoms. The van der Waals surface area contributed by atoms with Gasteiger partial charge < -0.3 is 5.32 Å². The minimum absolute atomic E-state index is 0.526. The number of benzene rings is 1. The summed E-state index contributed by atoms with van der Waals surface area (Å²) in [4.78, 5) is 4.84. The number of fused-ring (bicyclic) bond motifs is 2. The third-order valence-electron chi connectivity index (χ3n) is 3.84. The average molecular weight is 285 g/mol. The highest BCUT2D eigenvalue weighted by Gasteiger charge is 2.17. The van der Waals surface area contributed by atoms with Crippen LogP contribution >= 0.6 is 11.6 Å². The number of pyridine rings is 1. The predicted molar refractivity (Wildman–Crippen MR) is 85.3 cm³/mol. The number of aryl methyl sites for hydroxylation is 1. The first kappa shape index (κ1) is 13.3. The zero-order valence-corrected chi connectivity index (χ0v) is 12.1. The van der Waals surface area contributed by atoms with Crippen molar-refractivity contribution in [2.45, 2.75) is 32.1 Å². The molecule has 0 fully saturated rings. The Morgan fingerprint density at radius 2 is 2.10 bits per heavy atom. The van der Waals surface area contributed by atoms with Gasteiger partial charge in [-0.25, -0.2) is 0 Å². The third-order valence-corrected chi connectivity index (χ3v) is 4.08. The number of hydrogen-bond donors (Lipinski definition) is 1. The number of aromatic nitrogens is 1. The molecule has 0 spiro atoms. The molecule has 1 heterocycles. The maximum atomic E-state index is 6.14. The van der Waals surface area contributed by atoms with Gasteiger partial charge >= 0.3 is 0 Å². The molecule has 102 valence electrons. The van der Waals surface area contributed by atoms with E-state index >= 15 is 0 Å². The van der Waals surface area contributed by atoms with Crippen LogP contribution in [-0.4, -0.2) is 11.5 Å². The van der Waals surface area contributed by atoms with Crippen LogP contribution in [0.3, 0.4) is 0 Å². The predicted octanol–water partition coefficient (Wildman–Crippen LogP) is 4.20. The third kappa shape index (κ3) is 2.46. The molecule has 1 aliphatic rings. The first-order chi connectivity index (χ1) is 9.79. The smallest absolute Gasteiger partial charge is 0.0763 e. The van der Waals surface area contributed by atoms with Gasteiger partial charge in [0.15, 0.2) is 0 Å². The minimum atomic E-state index is 0.526. The van der Waals surface area contributed by atoms with Crippen LogP contribution in [-0.2, 0) is 12.8 Å². The van der Waals surface area contributed by atoms with Gasteiger partial charge in [0.2, 0.25) is 0 Å². The van der Waals surface area contributed by atoms with E-state index in [1.807, 2.05) is 18.2 Å². The topological polar surface area (TPSA) is 24.9 Å². The van der Waals surface area contributed by atoms with E-state index in [0.29, 0.717) is 6.54 Å². The van der Waals surface area contributed by atoms with Crippen molar-refractivity contribution in [3.05, 3.63) is 34.5 Å². The molecule has 0 saturated carbocycles. The fraction of sp³-hybridized carbons (Fsp3) is 0.353. The molecule has 0 saturated heterocycles. The fourth-order valence-electron chi connectivity index (χ4n) is 2.91. The van der Waals surface area contributed by atoms with Crippen LogP contribution in [0.25, 0.3) is 10.9 Å². The molecule has 20 heavy (non-hydrogen) atoms. The second-order valence-corrected chi connectivity index (χ2v) is 5.63. The lowest BCUT2D eigenvalue weighted by Gasteiger charge is -2.16. The van der Waals surface area contributed by atoms with Gasteiger partial charge in [-0.1, -0.05) is 23.9 Å². The van der Waals surface area contributed by atoms with Gasteiger partial charge in [-0.15, -0.1) is 6.42 Å². The largest absolute Gasteiger partial charge is 0.373 e. The van der Waals surface area contributed by atoms with Crippen LogP contribution in [0, 0.1) is 12.3 Å². The Bertz CT molecular complexity index is 685. The van der Waals surface area contributed by atoms with Gasteiger partial charge in [0, 0.05) is 21.8 Å². The number of halogens is 1. The Balaban J connectivity index is 2.23. The first-order valence-electron chi connectivity index (χ1n) is 7.08. The van der Waals surface area contributed by atoms with Crippen LogP contribution < -0.4 is 5.32 Å². The molecular formula is C17H17ClN2. The molecule has 0 bridgehead atoms. The van der Waals surface area contributed by atoms with Crippen LogP contribution in [0.15, 0.2) is 18.2 Å². The second kappa shape index (κ2) is 5.73. The summed E-state index contributed by atoms with van der Waals surface area (Å²) in [5.41, 5.74) is 4.67. The van der Waals surface area contributed by atoms with Gasteiger partial charge in [-0.2, -0.15) is 0 Å². The van der Waals surface area contributed by atoms with Crippen molar-refractivity contribution in [2.75, 3.05) is 11.9 Å². The Kier molecular flexibility index (Phi) is 3.80. The molecule has 0 amide bonds. The van der Waals surface area contributed by atoms with E-state index in [-0.39, 0.29) is 0 Å². The molecule has 3 rings (SSSR count). The van der Waals surface area contributed by atoms with Gasteiger partial charge in [0.1, 0.15) is 0 Å².